The molecule has 3 N–H and O–H groups in total. The Morgan fingerprint density at radius 2 is 1.79 bits per heavy atom. The average Bonchev–Trinajstić information content (AvgIpc) is 2.61. The van der Waals surface area contributed by atoms with Crippen LogP contribution in [0.1, 0.15) is 34.6 Å². The lowest BCUT2D eigenvalue weighted by Crippen LogP contribution is -2.30. The molecule has 0 fully saturated rings. The van der Waals surface area contributed by atoms with E-state index >= 15 is 0 Å². The number of amides is 1. The summed E-state index contributed by atoms with van der Waals surface area (Å²) in [5.74, 6) is -1.72. The van der Waals surface area contributed by atoms with Crippen LogP contribution in [-0.4, -0.2) is 32.2 Å². The first-order valence-corrected chi connectivity index (χ1v) is 9.86. The van der Waals surface area contributed by atoms with Crippen LogP contribution in [0.4, 0.5) is 5.69 Å². The van der Waals surface area contributed by atoms with Gasteiger partial charge in [0, 0.05) is 11.3 Å². The van der Waals surface area contributed by atoms with Crippen molar-refractivity contribution in [1.82, 2.24) is 0 Å². The Morgan fingerprint density at radius 1 is 1.11 bits per heavy atom. The number of hydrogen-bond donors (Lipinski definition) is 2. The van der Waals surface area contributed by atoms with Gasteiger partial charge >= 0.3 is 5.97 Å². The van der Waals surface area contributed by atoms with Crippen molar-refractivity contribution < 1.29 is 27.5 Å². The average molecular weight is 425 g/mol. The second-order valence-corrected chi connectivity index (χ2v) is 7.80. The summed E-state index contributed by atoms with van der Waals surface area (Å²) in [6.07, 6.45) is -1.19. The van der Waals surface area contributed by atoms with Gasteiger partial charge in [0.2, 0.25) is 10.0 Å². The van der Waals surface area contributed by atoms with Gasteiger partial charge in [0.05, 0.1) is 10.6 Å². The predicted molar refractivity (Wildman–Crippen MR) is 103 cm³/mol. The molecule has 148 valence electrons. The van der Waals surface area contributed by atoms with Crippen molar-refractivity contribution in [1.29, 1.82) is 0 Å². The van der Waals surface area contributed by atoms with Gasteiger partial charge in [-0.05, 0) is 44.2 Å². The number of halogens is 1. The number of carbonyl (C=O) groups excluding carboxylic acids is 3. The number of anilines is 1. The molecule has 0 heterocycles. The number of esters is 1. The zero-order valence-electron chi connectivity index (χ0n) is 14.9. The van der Waals surface area contributed by atoms with E-state index in [1.807, 2.05) is 0 Å². The summed E-state index contributed by atoms with van der Waals surface area (Å²) in [7, 11) is -4.13. The quantitative estimate of drug-likeness (QED) is 0.540. The van der Waals surface area contributed by atoms with Gasteiger partial charge in [-0.25, -0.2) is 18.4 Å². The highest BCUT2D eigenvalue weighted by molar-refractivity contribution is 7.89. The lowest BCUT2D eigenvalue weighted by atomic mass is 10.1. The highest BCUT2D eigenvalue weighted by Gasteiger charge is 2.22. The second-order valence-electron chi connectivity index (χ2n) is 5.86. The molecule has 2 rings (SSSR count). The van der Waals surface area contributed by atoms with Gasteiger partial charge in [-0.1, -0.05) is 23.7 Å². The third-order valence-corrected chi connectivity index (χ3v) is 5.06. The lowest BCUT2D eigenvalue weighted by molar-refractivity contribution is -0.123. The molecule has 0 saturated heterocycles. The number of ketones is 1. The van der Waals surface area contributed by atoms with Crippen molar-refractivity contribution in [2.24, 2.45) is 5.14 Å². The molecule has 1 atom stereocenters. The first kappa shape index (κ1) is 21.5. The minimum absolute atomic E-state index is 0.133. The minimum Gasteiger partial charge on any atom is -0.449 e. The van der Waals surface area contributed by atoms with Crippen molar-refractivity contribution in [2.75, 3.05) is 5.32 Å². The van der Waals surface area contributed by atoms with Crippen LogP contribution >= 0.6 is 11.6 Å². The summed E-state index contributed by atoms with van der Waals surface area (Å²) in [5, 5.41) is 7.43. The number of benzene rings is 2. The van der Waals surface area contributed by atoms with E-state index in [1.54, 1.807) is 18.2 Å². The van der Waals surface area contributed by atoms with Crippen molar-refractivity contribution in [2.45, 2.75) is 24.8 Å². The zero-order chi connectivity index (χ0) is 21.1. The minimum atomic E-state index is -4.13. The summed E-state index contributed by atoms with van der Waals surface area (Å²) in [6.45, 7) is 2.74. The summed E-state index contributed by atoms with van der Waals surface area (Å²) in [5.41, 5.74) is 0.648. The van der Waals surface area contributed by atoms with Crippen LogP contribution in [-0.2, 0) is 19.6 Å². The van der Waals surface area contributed by atoms with Crippen LogP contribution < -0.4 is 10.5 Å². The molecule has 0 radical (unpaired) electrons. The first-order valence-electron chi connectivity index (χ1n) is 7.94. The van der Waals surface area contributed by atoms with E-state index in [0.717, 1.165) is 6.07 Å². The number of ether oxygens (including phenoxy) is 1. The second kappa shape index (κ2) is 8.51. The van der Waals surface area contributed by atoms with E-state index in [9.17, 15) is 22.8 Å². The maximum Gasteiger partial charge on any atom is 0.338 e. The number of sulfonamides is 1. The van der Waals surface area contributed by atoms with Gasteiger partial charge in [-0.2, -0.15) is 0 Å². The molecule has 0 saturated carbocycles. The van der Waals surface area contributed by atoms with Gasteiger partial charge in [0.1, 0.15) is 4.90 Å². The molecule has 1 amide bonds. The van der Waals surface area contributed by atoms with Crippen molar-refractivity contribution in [3.05, 3.63) is 58.6 Å². The largest absolute Gasteiger partial charge is 0.449 e. The molecule has 0 bridgehead atoms. The Bertz CT molecular complexity index is 1050. The molecular weight excluding hydrogens is 408 g/mol. The fourth-order valence-electron chi connectivity index (χ4n) is 2.19. The maximum absolute atomic E-state index is 12.2. The molecule has 0 aromatic heterocycles. The number of carbonyl (C=O) groups is 3. The molecular formula is C18H17ClN2O6S. The van der Waals surface area contributed by atoms with E-state index in [4.69, 9.17) is 21.5 Å². The smallest absolute Gasteiger partial charge is 0.338 e. The topological polar surface area (TPSA) is 133 Å². The zero-order valence-corrected chi connectivity index (χ0v) is 16.5. The normalized spacial score (nSPS) is 12.1. The molecule has 8 nitrogen and oxygen atoms in total. The summed E-state index contributed by atoms with van der Waals surface area (Å²) < 4.78 is 28.0. The molecule has 0 aliphatic rings. The van der Waals surface area contributed by atoms with Crippen LogP contribution in [0.15, 0.2) is 47.4 Å². The van der Waals surface area contributed by atoms with Gasteiger partial charge in [-0.3, -0.25) is 9.59 Å². The summed E-state index contributed by atoms with van der Waals surface area (Å²) in [4.78, 5) is 35.4. The molecule has 2 aromatic rings. The molecule has 0 aliphatic heterocycles. The Morgan fingerprint density at radius 3 is 2.39 bits per heavy atom. The van der Waals surface area contributed by atoms with Gasteiger partial charge < -0.3 is 10.1 Å². The van der Waals surface area contributed by atoms with Crippen LogP contribution in [0.2, 0.25) is 5.02 Å². The highest BCUT2D eigenvalue weighted by Crippen LogP contribution is 2.22. The van der Waals surface area contributed by atoms with Crippen molar-refractivity contribution in [3.63, 3.8) is 0 Å². The van der Waals surface area contributed by atoms with E-state index < -0.39 is 32.9 Å². The number of hydrogen-bond acceptors (Lipinski definition) is 6. The third-order valence-electron chi connectivity index (χ3n) is 3.66. The summed E-state index contributed by atoms with van der Waals surface area (Å²) in [6, 6.07) is 9.69. The number of rotatable bonds is 6. The summed E-state index contributed by atoms with van der Waals surface area (Å²) >= 11 is 5.77. The van der Waals surface area contributed by atoms with E-state index in [2.05, 4.69) is 5.32 Å². The lowest BCUT2D eigenvalue weighted by Gasteiger charge is -2.14. The number of nitrogens with two attached hydrogens (primary N) is 1. The Balaban J connectivity index is 2.11. The fourth-order valence-corrected chi connectivity index (χ4v) is 3.26. The van der Waals surface area contributed by atoms with Gasteiger partial charge in [0.25, 0.3) is 5.91 Å². The van der Waals surface area contributed by atoms with Crippen LogP contribution in [0.25, 0.3) is 0 Å². The first-order chi connectivity index (χ1) is 13.0. The molecule has 0 spiro atoms. The van der Waals surface area contributed by atoms with Crippen molar-refractivity contribution >= 4 is 45.0 Å². The number of nitrogens with one attached hydrogen (secondary N) is 1. The number of Topliss-reactive ketones (excluding diaryl/α,β-unsaturated/α-hetero) is 1. The fraction of sp³-hybridized carbons (Fsp3) is 0.167. The SMILES string of the molecule is CC(=O)c1cccc(NC(=O)[C@@H](C)OC(=O)c2ccc(Cl)c(S(N)(=O)=O)c2)c1. The van der Waals surface area contributed by atoms with Crippen molar-refractivity contribution in [3.8, 4) is 0 Å². The monoisotopic (exact) mass is 424 g/mol. The Hall–Kier alpha value is -2.75. The molecule has 28 heavy (non-hydrogen) atoms. The standard InChI is InChI=1S/C18H17ClN2O6S/c1-10(22)12-4-3-5-14(8-12)21-17(23)11(2)27-18(24)13-6-7-15(19)16(9-13)28(20,25)26/h3-9,11H,1-2H3,(H,21,23)(H2,20,25,26)/t11-/m1/s1. The number of primary sulfonamides is 1. The molecule has 2 aromatic carbocycles. The van der Waals surface area contributed by atoms with Crippen LogP contribution in [0.5, 0.6) is 0 Å². The van der Waals surface area contributed by atoms with E-state index in [-0.39, 0.29) is 16.4 Å². The van der Waals surface area contributed by atoms with E-state index in [1.165, 1.54) is 32.0 Å². The highest BCUT2D eigenvalue weighted by atomic mass is 35.5. The Kier molecular flexibility index (Phi) is 6.55. The van der Waals surface area contributed by atoms with Crippen LogP contribution in [0.3, 0.4) is 0 Å². The van der Waals surface area contributed by atoms with Gasteiger partial charge in [0.15, 0.2) is 11.9 Å². The van der Waals surface area contributed by atoms with Gasteiger partial charge in [-0.15, -0.1) is 0 Å². The predicted octanol–water partition coefficient (Wildman–Crippen LogP) is 2.37. The molecule has 10 heteroatoms. The maximum atomic E-state index is 12.2. The molecule has 0 unspecified atom stereocenters. The third kappa shape index (κ3) is 5.38. The van der Waals surface area contributed by atoms with E-state index in [0.29, 0.717) is 11.3 Å². The Labute approximate surface area is 166 Å². The van der Waals surface area contributed by atoms with Crippen LogP contribution in [0, 0.1) is 0 Å². The molecule has 0 aliphatic carbocycles.